The lowest BCUT2D eigenvalue weighted by Gasteiger charge is -2.16. The van der Waals surface area contributed by atoms with E-state index < -0.39 is 0 Å². The number of amides is 1. The molecule has 0 aliphatic rings. The van der Waals surface area contributed by atoms with Gasteiger partial charge in [-0.1, -0.05) is 62.4 Å². The van der Waals surface area contributed by atoms with Crippen LogP contribution in [0.3, 0.4) is 0 Å². The lowest BCUT2D eigenvalue weighted by atomic mass is 10.0. The lowest BCUT2D eigenvalue weighted by molar-refractivity contribution is 0.102. The van der Waals surface area contributed by atoms with Gasteiger partial charge in [0.15, 0.2) is 0 Å². The minimum atomic E-state index is -0.204. The normalized spacial score (nSPS) is 10.7. The summed E-state index contributed by atoms with van der Waals surface area (Å²) in [5.74, 6) is 2.43. The van der Waals surface area contributed by atoms with Gasteiger partial charge >= 0.3 is 0 Å². The van der Waals surface area contributed by atoms with Crippen LogP contribution in [-0.2, 0) is 13.2 Å². The van der Waals surface area contributed by atoms with Crippen LogP contribution in [0.15, 0.2) is 97.1 Å². The van der Waals surface area contributed by atoms with Gasteiger partial charge in [0, 0.05) is 16.8 Å². The largest absolute Gasteiger partial charge is 0.493 e. The summed E-state index contributed by atoms with van der Waals surface area (Å²) in [7, 11) is 0. The molecule has 0 aliphatic carbocycles. The Labute approximate surface area is 219 Å². The predicted molar refractivity (Wildman–Crippen MR) is 148 cm³/mol. The molecule has 5 nitrogen and oxygen atoms in total. The molecule has 4 aromatic rings. The number of benzene rings is 4. The van der Waals surface area contributed by atoms with Crippen molar-refractivity contribution < 1.29 is 19.0 Å². The molecule has 0 heterocycles. The Morgan fingerprint density at radius 2 is 1.49 bits per heavy atom. The molecule has 0 fully saturated rings. The van der Waals surface area contributed by atoms with Crippen LogP contribution in [0, 0.1) is 0 Å². The summed E-state index contributed by atoms with van der Waals surface area (Å²) in [5, 5.41) is 2.96. The highest BCUT2D eigenvalue weighted by molar-refractivity contribution is 6.04. The van der Waals surface area contributed by atoms with Crippen LogP contribution >= 0.6 is 0 Å². The molecule has 4 rings (SSSR count). The Bertz CT molecular complexity index is 1300. The zero-order valence-electron chi connectivity index (χ0n) is 21.6. The lowest BCUT2D eigenvalue weighted by Crippen LogP contribution is -2.13. The van der Waals surface area contributed by atoms with E-state index in [1.54, 1.807) is 6.07 Å². The van der Waals surface area contributed by atoms with E-state index in [1.165, 1.54) is 0 Å². The van der Waals surface area contributed by atoms with Crippen LogP contribution in [0.2, 0.25) is 0 Å². The third kappa shape index (κ3) is 7.14. The van der Waals surface area contributed by atoms with E-state index in [4.69, 9.17) is 14.2 Å². The maximum Gasteiger partial charge on any atom is 0.255 e. The Morgan fingerprint density at radius 1 is 0.757 bits per heavy atom. The van der Waals surface area contributed by atoms with Gasteiger partial charge in [-0.05, 0) is 72.5 Å². The first kappa shape index (κ1) is 25.8. The first-order valence-electron chi connectivity index (χ1n) is 12.6. The van der Waals surface area contributed by atoms with E-state index in [9.17, 15) is 4.79 Å². The minimum Gasteiger partial charge on any atom is -0.493 e. The molecule has 0 aromatic heterocycles. The number of hydrogen-bond acceptors (Lipinski definition) is 4. The van der Waals surface area contributed by atoms with Gasteiger partial charge in [-0.25, -0.2) is 0 Å². The van der Waals surface area contributed by atoms with Gasteiger partial charge in [-0.15, -0.1) is 0 Å². The SMILES string of the molecule is CCOc1ccc(C(=O)Nc2ccc(OCc3ccccc3)cc2)cc1COc1ccccc1C(C)C. The number of hydrogen-bond donors (Lipinski definition) is 1. The van der Waals surface area contributed by atoms with Gasteiger partial charge in [-0.2, -0.15) is 0 Å². The van der Waals surface area contributed by atoms with Crippen molar-refractivity contribution in [2.24, 2.45) is 0 Å². The van der Waals surface area contributed by atoms with Gasteiger partial charge in [-0.3, -0.25) is 4.79 Å². The standard InChI is InChI=1S/C32H33NO4/c1-4-35-30-19-14-25(20-26(30)22-37-31-13-9-8-12-29(31)23(2)3)32(34)33-27-15-17-28(18-16-27)36-21-24-10-6-5-7-11-24/h5-20,23H,4,21-22H2,1-3H3,(H,33,34). The number of nitrogens with one attached hydrogen (secondary N) is 1. The van der Waals surface area contributed by atoms with Gasteiger partial charge < -0.3 is 19.5 Å². The van der Waals surface area contributed by atoms with Gasteiger partial charge in [0.2, 0.25) is 0 Å². The Hall–Kier alpha value is -4.25. The molecule has 0 saturated heterocycles. The van der Waals surface area contributed by atoms with E-state index in [1.807, 2.05) is 91.9 Å². The molecule has 0 radical (unpaired) electrons. The van der Waals surface area contributed by atoms with Crippen LogP contribution in [0.25, 0.3) is 0 Å². The molecule has 0 aliphatic heterocycles. The maximum absolute atomic E-state index is 13.0. The second-order valence-corrected chi connectivity index (χ2v) is 8.99. The zero-order valence-corrected chi connectivity index (χ0v) is 21.6. The summed E-state index contributed by atoms with van der Waals surface area (Å²) < 4.78 is 17.8. The zero-order chi connectivity index (χ0) is 26.0. The Balaban J connectivity index is 1.42. The van der Waals surface area contributed by atoms with Crippen molar-refractivity contribution in [2.75, 3.05) is 11.9 Å². The summed E-state index contributed by atoms with van der Waals surface area (Å²) in [5.41, 5.74) is 4.28. The third-order valence-corrected chi connectivity index (χ3v) is 5.91. The molecule has 1 amide bonds. The maximum atomic E-state index is 13.0. The van der Waals surface area contributed by atoms with Crippen LogP contribution in [0.5, 0.6) is 17.2 Å². The molecule has 190 valence electrons. The number of carbonyl (C=O) groups excluding carboxylic acids is 1. The van der Waals surface area contributed by atoms with Crippen LogP contribution in [0.1, 0.15) is 53.7 Å². The fourth-order valence-electron chi connectivity index (χ4n) is 3.95. The molecule has 5 heteroatoms. The quantitative estimate of drug-likeness (QED) is 0.233. The van der Waals surface area contributed by atoms with E-state index in [-0.39, 0.29) is 5.91 Å². The second-order valence-electron chi connectivity index (χ2n) is 8.99. The highest BCUT2D eigenvalue weighted by Crippen LogP contribution is 2.29. The molecular weight excluding hydrogens is 462 g/mol. The van der Waals surface area contributed by atoms with E-state index in [0.29, 0.717) is 42.7 Å². The van der Waals surface area contributed by atoms with Gasteiger partial charge in [0.25, 0.3) is 5.91 Å². The van der Waals surface area contributed by atoms with Crippen LogP contribution in [-0.4, -0.2) is 12.5 Å². The minimum absolute atomic E-state index is 0.204. The highest BCUT2D eigenvalue weighted by Gasteiger charge is 2.13. The molecular formula is C32H33NO4. The van der Waals surface area contributed by atoms with Crippen molar-refractivity contribution >= 4 is 11.6 Å². The van der Waals surface area contributed by atoms with Crippen LogP contribution < -0.4 is 19.5 Å². The molecule has 0 atom stereocenters. The van der Waals surface area contributed by atoms with Crippen molar-refractivity contribution in [2.45, 2.75) is 39.9 Å². The number of para-hydroxylation sites is 1. The van der Waals surface area contributed by atoms with E-state index in [0.717, 1.165) is 28.2 Å². The summed E-state index contributed by atoms with van der Waals surface area (Å²) in [6, 6.07) is 30.8. The van der Waals surface area contributed by atoms with Gasteiger partial charge in [0.05, 0.1) is 6.61 Å². The Kier molecular flexibility index (Phi) is 8.82. The predicted octanol–water partition coefficient (Wildman–Crippen LogP) is 7.62. The van der Waals surface area contributed by atoms with Gasteiger partial charge in [0.1, 0.15) is 30.5 Å². The van der Waals surface area contributed by atoms with E-state index in [2.05, 4.69) is 25.2 Å². The number of anilines is 1. The molecule has 0 unspecified atom stereocenters. The molecule has 0 spiro atoms. The molecule has 4 aromatic carbocycles. The summed E-state index contributed by atoms with van der Waals surface area (Å²) in [4.78, 5) is 13.0. The second kappa shape index (κ2) is 12.6. The molecule has 37 heavy (non-hydrogen) atoms. The highest BCUT2D eigenvalue weighted by atomic mass is 16.5. The summed E-state index contributed by atoms with van der Waals surface area (Å²) >= 11 is 0. The van der Waals surface area contributed by atoms with Crippen molar-refractivity contribution in [1.82, 2.24) is 0 Å². The van der Waals surface area contributed by atoms with Crippen molar-refractivity contribution in [1.29, 1.82) is 0 Å². The summed E-state index contributed by atoms with van der Waals surface area (Å²) in [6.45, 7) is 7.53. The Morgan fingerprint density at radius 3 is 2.22 bits per heavy atom. The third-order valence-electron chi connectivity index (χ3n) is 5.91. The smallest absolute Gasteiger partial charge is 0.255 e. The molecule has 0 bridgehead atoms. The number of ether oxygens (including phenoxy) is 3. The van der Waals surface area contributed by atoms with Crippen molar-refractivity contribution in [3.05, 3.63) is 119 Å². The van der Waals surface area contributed by atoms with Crippen molar-refractivity contribution in [3.63, 3.8) is 0 Å². The number of rotatable bonds is 11. The monoisotopic (exact) mass is 495 g/mol. The van der Waals surface area contributed by atoms with E-state index >= 15 is 0 Å². The first-order chi connectivity index (χ1) is 18.0. The first-order valence-corrected chi connectivity index (χ1v) is 12.6. The van der Waals surface area contributed by atoms with Crippen molar-refractivity contribution in [3.8, 4) is 17.2 Å². The average molecular weight is 496 g/mol. The van der Waals surface area contributed by atoms with Crippen LogP contribution in [0.4, 0.5) is 5.69 Å². The summed E-state index contributed by atoms with van der Waals surface area (Å²) in [6.07, 6.45) is 0. The number of carbonyl (C=O) groups is 1. The fourth-order valence-corrected chi connectivity index (χ4v) is 3.95. The molecule has 1 N–H and O–H groups in total. The topological polar surface area (TPSA) is 56.8 Å². The average Bonchev–Trinajstić information content (AvgIpc) is 2.93. The molecule has 0 saturated carbocycles. The fraction of sp³-hybridized carbons (Fsp3) is 0.219.